The summed E-state index contributed by atoms with van der Waals surface area (Å²) >= 11 is 6.57. The highest BCUT2D eigenvalue weighted by molar-refractivity contribution is 6.34. The Balaban J connectivity index is 1.43. The van der Waals surface area contributed by atoms with Crippen molar-refractivity contribution in [3.8, 4) is 28.0 Å². The summed E-state index contributed by atoms with van der Waals surface area (Å²) in [7, 11) is 1.74. The second-order valence-corrected chi connectivity index (χ2v) is 9.84. The number of halogens is 2. The lowest BCUT2D eigenvalue weighted by Gasteiger charge is -2.30. The fourth-order valence-electron chi connectivity index (χ4n) is 5.16. The second-order valence-electron chi connectivity index (χ2n) is 9.44. The number of nitrogens with one attached hydrogen (secondary N) is 2. The minimum atomic E-state index is -0.479. The van der Waals surface area contributed by atoms with Crippen molar-refractivity contribution in [2.75, 3.05) is 56.1 Å². The molecule has 2 fully saturated rings. The van der Waals surface area contributed by atoms with E-state index in [2.05, 4.69) is 20.4 Å². The SMILES string of the molecule is CN1CCN(c2ccc(-c3cc(F)cc(-c4cc(N5CCNCC5)c5cn[nH]c5c4)c3O)cc2Cl)C1=O. The van der Waals surface area contributed by atoms with E-state index in [0.29, 0.717) is 46.1 Å². The predicted octanol–water partition coefficient (Wildman–Crippen LogP) is 4.68. The number of piperazine rings is 1. The van der Waals surface area contributed by atoms with E-state index in [4.69, 9.17) is 11.6 Å². The Kier molecular flexibility index (Phi) is 5.89. The number of nitrogens with zero attached hydrogens (tertiary/aromatic N) is 4. The van der Waals surface area contributed by atoms with E-state index >= 15 is 0 Å². The Bertz CT molecular complexity index is 1520. The summed E-state index contributed by atoms with van der Waals surface area (Å²) in [6.07, 6.45) is 1.79. The van der Waals surface area contributed by atoms with Crippen LogP contribution < -0.4 is 15.1 Å². The molecule has 0 unspecified atom stereocenters. The first kappa shape index (κ1) is 23.6. The molecule has 0 aliphatic carbocycles. The zero-order chi connectivity index (χ0) is 25.7. The van der Waals surface area contributed by atoms with E-state index in [-0.39, 0.29) is 11.8 Å². The van der Waals surface area contributed by atoms with Crippen molar-refractivity contribution in [3.05, 3.63) is 59.5 Å². The van der Waals surface area contributed by atoms with Crippen LogP contribution in [0.1, 0.15) is 0 Å². The first-order chi connectivity index (χ1) is 17.9. The van der Waals surface area contributed by atoms with Gasteiger partial charge in [-0.1, -0.05) is 17.7 Å². The van der Waals surface area contributed by atoms with Crippen molar-refractivity contribution in [2.45, 2.75) is 0 Å². The Morgan fingerprint density at radius 1 is 0.973 bits per heavy atom. The quantitative estimate of drug-likeness (QED) is 0.364. The van der Waals surface area contributed by atoms with Crippen molar-refractivity contribution < 1.29 is 14.3 Å². The second kappa shape index (κ2) is 9.24. The Morgan fingerprint density at radius 3 is 2.43 bits per heavy atom. The number of carbonyl (C=O) groups is 1. The average Bonchev–Trinajstić information content (AvgIpc) is 3.51. The molecule has 0 spiro atoms. The number of phenols is 1. The Hall–Kier alpha value is -3.82. The van der Waals surface area contributed by atoms with Gasteiger partial charge in [-0.25, -0.2) is 9.18 Å². The van der Waals surface area contributed by atoms with Crippen LogP contribution in [0.5, 0.6) is 5.75 Å². The normalized spacial score (nSPS) is 16.3. The number of aromatic nitrogens is 2. The highest BCUT2D eigenvalue weighted by atomic mass is 35.5. The van der Waals surface area contributed by atoms with E-state index in [1.54, 1.807) is 41.2 Å². The number of hydrogen-bond donors (Lipinski definition) is 3. The molecule has 2 aliphatic rings. The van der Waals surface area contributed by atoms with Crippen LogP contribution in [0.25, 0.3) is 33.2 Å². The molecule has 10 heteroatoms. The summed E-state index contributed by atoms with van der Waals surface area (Å²) in [5, 5.41) is 23.3. The molecular formula is C27H26ClFN6O2. The molecule has 2 aliphatic heterocycles. The van der Waals surface area contributed by atoms with Gasteiger partial charge in [-0.2, -0.15) is 5.10 Å². The van der Waals surface area contributed by atoms with Gasteiger partial charge in [0.15, 0.2) is 0 Å². The molecule has 2 saturated heterocycles. The van der Waals surface area contributed by atoms with Gasteiger partial charge in [0, 0.05) is 68.5 Å². The number of hydrogen-bond acceptors (Lipinski definition) is 5. The third-order valence-corrected chi connectivity index (χ3v) is 7.45. The number of fused-ring (bicyclic) bond motifs is 1. The molecule has 2 amide bonds. The number of amides is 2. The molecule has 0 bridgehead atoms. The number of aromatic amines is 1. The number of phenolic OH excluding ortho intramolecular Hbond substituents is 1. The fraction of sp³-hybridized carbons (Fsp3) is 0.259. The number of carbonyl (C=O) groups excluding carboxylic acids is 1. The summed E-state index contributed by atoms with van der Waals surface area (Å²) < 4.78 is 15.0. The van der Waals surface area contributed by atoms with E-state index < -0.39 is 5.82 Å². The molecule has 3 heterocycles. The lowest BCUT2D eigenvalue weighted by atomic mass is 9.95. The van der Waals surface area contributed by atoms with Crippen LogP contribution >= 0.6 is 11.6 Å². The lowest BCUT2D eigenvalue weighted by Crippen LogP contribution is -2.43. The zero-order valence-electron chi connectivity index (χ0n) is 20.3. The molecule has 0 saturated carbocycles. The third kappa shape index (κ3) is 4.14. The maximum absolute atomic E-state index is 15.0. The van der Waals surface area contributed by atoms with Crippen LogP contribution in [-0.2, 0) is 0 Å². The number of anilines is 2. The van der Waals surface area contributed by atoms with Crippen LogP contribution in [0.15, 0.2) is 48.7 Å². The van der Waals surface area contributed by atoms with Crippen molar-refractivity contribution in [1.29, 1.82) is 0 Å². The number of rotatable bonds is 4. The third-order valence-electron chi connectivity index (χ3n) is 7.15. The van der Waals surface area contributed by atoms with Gasteiger partial charge in [0.1, 0.15) is 11.6 Å². The fourth-order valence-corrected chi connectivity index (χ4v) is 5.44. The minimum absolute atomic E-state index is 0.0488. The molecule has 8 nitrogen and oxygen atoms in total. The highest BCUT2D eigenvalue weighted by Gasteiger charge is 2.28. The summed E-state index contributed by atoms with van der Waals surface area (Å²) in [6.45, 7) is 4.56. The van der Waals surface area contributed by atoms with Gasteiger partial charge in [-0.15, -0.1) is 0 Å². The smallest absolute Gasteiger partial charge is 0.324 e. The standard InChI is InChI=1S/C27H26ClFN6O2/c1-33-8-9-35(27(33)37)24-3-2-16(10-22(24)28)19-13-18(29)14-20(26(19)36)17-11-23-21(15-31-32-23)25(12-17)34-6-4-30-5-7-34/h2-3,10-15,30,36H,4-9H2,1H3,(H,31,32). The van der Waals surface area contributed by atoms with Gasteiger partial charge in [0.05, 0.1) is 22.4 Å². The van der Waals surface area contributed by atoms with Gasteiger partial charge in [0.2, 0.25) is 0 Å². The van der Waals surface area contributed by atoms with Gasteiger partial charge in [0.25, 0.3) is 0 Å². The van der Waals surface area contributed by atoms with Gasteiger partial charge >= 0.3 is 6.03 Å². The summed E-state index contributed by atoms with van der Waals surface area (Å²) in [4.78, 5) is 17.9. The van der Waals surface area contributed by atoms with E-state index in [1.807, 2.05) is 12.1 Å². The molecular weight excluding hydrogens is 495 g/mol. The number of benzene rings is 3. The monoisotopic (exact) mass is 520 g/mol. The molecule has 6 rings (SSSR count). The highest BCUT2D eigenvalue weighted by Crippen LogP contribution is 2.43. The summed E-state index contributed by atoms with van der Waals surface area (Å²) in [5.74, 6) is -0.528. The summed E-state index contributed by atoms with van der Waals surface area (Å²) in [5.41, 5.74) is 4.31. The summed E-state index contributed by atoms with van der Waals surface area (Å²) in [6, 6.07) is 11.5. The van der Waals surface area contributed by atoms with Gasteiger partial charge in [-0.3, -0.25) is 10.00 Å². The van der Waals surface area contributed by atoms with Crippen molar-refractivity contribution in [1.82, 2.24) is 20.4 Å². The molecule has 0 radical (unpaired) electrons. The van der Waals surface area contributed by atoms with Crippen molar-refractivity contribution in [3.63, 3.8) is 0 Å². The minimum Gasteiger partial charge on any atom is -0.507 e. The average molecular weight is 521 g/mol. The Morgan fingerprint density at radius 2 is 1.73 bits per heavy atom. The number of likely N-dealkylation sites (N-methyl/N-ethyl adjacent to an activating group) is 1. The molecule has 3 N–H and O–H groups in total. The van der Waals surface area contributed by atoms with Crippen LogP contribution in [-0.4, -0.2) is 72.6 Å². The maximum Gasteiger partial charge on any atom is 0.324 e. The maximum atomic E-state index is 15.0. The largest absolute Gasteiger partial charge is 0.507 e. The van der Waals surface area contributed by atoms with Crippen LogP contribution in [0, 0.1) is 5.82 Å². The Labute approximate surface area is 218 Å². The lowest BCUT2D eigenvalue weighted by molar-refractivity contribution is 0.229. The van der Waals surface area contributed by atoms with Crippen molar-refractivity contribution in [2.24, 2.45) is 0 Å². The number of aromatic hydroxyl groups is 1. The van der Waals surface area contributed by atoms with E-state index in [0.717, 1.165) is 42.8 Å². The molecule has 37 heavy (non-hydrogen) atoms. The van der Waals surface area contributed by atoms with Crippen molar-refractivity contribution >= 4 is 39.9 Å². The zero-order valence-corrected chi connectivity index (χ0v) is 21.0. The van der Waals surface area contributed by atoms with Crippen LogP contribution in [0.3, 0.4) is 0 Å². The molecule has 3 aromatic carbocycles. The topological polar surface area (TPSA) is 87.7 Å². The predicted molar refractivity (Wildman–Crippen MR) is 144 cm³/mol. The number of urea groups is 1. The molecule has 0 atom stereocenters. The molecule has 1 aromatic heterocycles. The molecule has 190 valence electrons. The number of H-pyrrole nitrogens is 1. The first-order valence-electron chi connectivity index (χ1n) is 12.2. The van der Waals surface area contributed by atoms with Gasteiger partial charge < -0.3 is 20.2 Å². The van der Waals surface area contributed by atoms with E-state index in [1.165, 1.54) is 12.1 Å². The first-order valence-corrected chi connectivity index (χ1v) is 12.6. The van der Waals surface area contributed by atoms with Crippen LogP contribution in [0.4, 0.5) is 20.6 Å². The van der Waals surface area contributed by atoms with Crippen LogP contribution in [0.2, 0.25) is 5.02 Å². The molecule has 4 aromatic rings. The van der Waals surface area contributed by atoms with E-state index in [9.17, 15) is 14.3 Å². The van der Waals surface area contributed by atoms with Gasteiger partial charge in [-0.05, 0) is 47.5 Å².